The Hall–Kier alpha value is -2.16. The van der Waals surface area contributed by atoms with Crippen LogP contribution in [0.2, 0.25) is 0 Å². The van der Waals surface area contributed by atoms with Crippen LogP contribution in [-0.4, -0.2) is 44.5 Å². The molecule has 10 nitrogen and oxygen atoms in total. The van der Waals surface area contributed by atoms with Crippen LogP contribution in [0.1, 0.15) is 36.7 Å². The summed E-state index contributed by atoms with van der Waals surface area (Å²) in [5, 5.41) is 8.43. The maximum atomic E-state index is 13.1. The smallest absolute Gasteiger partial charge is 0.371 e. The van der Waals surface area contributed by atoms with Crippen molar-refractivity contribution < 1.29 is 42.7 Å². The SMILES string of the molecule is C=C(Oc1ccc(C2OP(=C)(O)C(O)(Cc3cccnc3)P(=O)(O)O2)cc1OC)OC1CCC1. The second kappa shape index (κ2) is 9.47. The Bertz CT molecular complexity index is 1130. The molecule has 1 aromatic heterocycles. The van der Waals surface area contributed by atoms with Gasteiger partial charge in [-0.25, -0.2) is 0 Å². The van der Waals surface area contributed by atoms with Gasteiger partial charge in [0.05, 0.1) is 7.11 Å². The van der Waals surface area contributed by atoms with Crippen molar-refractivity contribution in [2.45, 2.75) is 43.2 Å². The number of hydrogen-bond acceptors (Lipinski definition) is 9. The van der Waals surface area contributed by atoms with Crippen LogP contribution in [0.5, 0.6) is 11.5 Å². The van der Waals surface area contributed by atoms with Crippen LogP contribution in [-0.2, 0) is 24.8 Å². The molecule has 1 aromatic carbocycles. The number of nitrogens with zero attached hydrogens (tertiary/aromatic N) is 1. The Balaban J connectivity index is 1.55. The van der Waals surface area contributed by atoms with Gasteiger partial charge in [-0.3, -0.25) is 18.6 Å². The van der Waals surface area contributed by atoms with Gasteiger partial charge in [0.2, 0.25) is 5.08 Å². The van der Waals surface area contributed by atoms with E-state index in [0.717, 1.165) is 19.3 Å². The molecule has 0 amide bonds. The van der Waals surface area contributed by atoms with Gasteiger partial charge in [0.15, 0.2) is 25.1 Å². The molecule has 0 radical (unpaired) electrons. The van der Waals surface area contributed by atoms with Gasteiger partial charge >= 0.3 is 7.60 Å². The van der Waals surface area contributed by atoms with E-state index in [9.17, 15) is 19.5 Å². The molecule has 1 aliphatic heterocycles. The van der Waals surface area contributed by atoms with E-state index in [4.69, 9.17) is 23.3 Å². The summed E-state index contributed by atoms with van der Waals surface area (Å²) in [6, 6.07) is 7.67. The van der Waals surface area contributed by atoms with Crippen LogP contribution in [0.4, 0.5) is 0 Å². The average Bonchev–Trinajstić information content (AvgIpc) is 2.75. The van der Waals surface area contributed by atoms with Crippen molar-refractivity contribution in [1.29, 1.82) is 0 Å². The zero-order valence-electron chi connectivity index (χ0n) is 18.6. The highest BCUT2D eigenvalue weighted by Gasteiger charge is 2.62. The second-order valence-electron chi connectivity index (χ2n) is 8.13. The molecular weight excluding hydrogens is 484 g/mol. The first-order valence-corrected chi connectivity index (χ1v) is 14.0. The molecule has 1 saturated carbocycles. The Morgan fingerprint density at radius 2 is 2.03 bits per heavy atom. The number of aliphatic hydroxyl groups is 1. The topological polar surface area (TPSA) is 137 Å². The normalized spacial score (nSPS) is 31.4. The summed E-state index contributed by atoms with van der Waals surface area (Å²) >= 11 is 0. The molecule has 34 heavy (non-hydrogen) atoms. The highest BCUT2D eigenvalue weighted by molar-refractivity contribution is 7.78. The summed E-state index contributed by atoms with van der Waals surface area (Å²) in [5.41, 5.74) is 0.647. The molecule has 0 spiro atoms. The fourth-order valence-electron chi connectivity index (χ4n) is 3.53. The number of ether oxygens (including phenoxy) is 3. The minimum Gasteiger partial charge on any atom is -0.493 e. The van der Waals surface area contributed by atoms with E-state index in [1.165, 1.54) is 37.7 Å². The Morgan fingerprint density at radius 1 is 1.26 bits per heavy atom. The molecule has 2 aliphatic rings. The zero-order chi connectivity index (χ0) is 24.6. The molecule has 2 heterocycles. The summed E-state index contributed by atoms with van der Waals surface area (Å²) in [4.78, 5) is 25.5. The van der Waals surface area contributed by atoms with Crippen molar-refractivity contribution in [3.8, 4) is 11.5 Å². The van der Waals surface area contributed by atoms with Gasteiger partial charge in [-0.05, 0) is 62.0 Å². The third-order valence-corrected chi connectivity index (χ3v) is 10.8. The maximum absolute atomic E-state index is 13.1. The van der Waals surface area contributed by atoms with Gasteiger partial charge < -0.3 is 29.1 Å². The second-order valence-corrected chi connectivity index (χ2v) is 12.8. The van der Waals surface area contributed by atoms with Crippen molar-refractivity contribution in [2.75, 3.05) is 7.11 Å². The molecule has 2 aromatic rings. The molecule has 2 fully saturated rings. The average molecular weight is 511 g/mol. The van der Waals surface area contributed by atoms with E-state index in [2.05, 4.69) is 17.9 Å². The molecule has 184 valence electrons. The molecular formula is C22H27NO9P2. The fraction of sp³-hybridized carbons (Fsp3) is 0.364. The van der Waals surface area contributed by atoms with Crippen molar-refractivity contribution >= 4 is 21.2 Å². The largest absolute Gasteiger partial charge is 0.493 e. The maximum Gasteiger partial charge on any atom is 0.371 e. The van der Waals surface area contributed by atoms with Crippen LogP contribution in [0.15, 0.2) is 55.2 Å². The van der Waals surface area contributed by atoms with Crippen LogP contribution in [0.3, 0.4) is 0 Å². The van der Waals surface area contributed by atoms with Crippen LogP contribution < -0.4 is 9.47 Å². The first-order chi connectivity index (χ1) is 16.0. The van der Waals surface area contributed by atoms with Crippen LogP contribution in [0.25, 0.3) is 0 Å². The number of benzene rings is 1. The molecule has 1 aliphatic carbocycles. The Labute approximate surface area is 197 Å². The minimum absolute atomic E-state index is 0.0876. The highest BCUT2D eigenvalue weighted by Crippen LogP contribution is 2.78. The third kappa shape index (κ3) is 4.81. The molecule has 12 heteroatoms. The van der Waals surface area contributed by atoms with Gasteiger partial charge in [-0.1, -0.05) is 6.07 Å². The number of aromatic nitrogens is 1. The monoisotopic (exact) mass is 511 g/mol. The lowest BCUT2D eigenvalue weighted by Crippen LogP contribution is -2.38. The molecule has 4 rings (SSSR count). The fourth-order valence-corrected chi connectivity index (χ4v) is 7.52. The highest BCUT2D eigenvalue weighted by atomic mass is 31.2. The summed E-state index contributed by atoms with van der Waals surface area (Å²) in [5.74, 6) is 0.670. The third-order valence-electron chi connectivity index (χ3n) is 5.72. The Morgan fingerprint density at radius 3 is 2.62 bits per heavy atom. The summed E-state index contributed by atoms with van der Waals surface area (Å²) in [6.45, 7) is 3.76. The number of rotatable bonds is 8. The molecule has 0 bridgehead atoms. The van der Waals surface area contributed by atoms with E-state index in [1.807, 2.05) is 0 Å². The van der Waals surface area contributed by atoms with Gasteiger partial charge in [0.1, 0.15) is 6.10 Å². The first kappa shape index (κ1) is 24.9. The zero-order valence-corrected chi connectivity index (χ0v) is 20.4. The van der Waals surface area contributed by atoms with Gasteiger partial charge in [-0.2, -0.15) is 0 Å². The van der Waals surface area contributed by atoms with Gasteiger partial charge in [0.25, 0.3) is 5.95 Å². The van der Waals surface area contributed by atoms with Crippen molar-refractivity contribution in [2.24, 2.45) is 0 Å². The lowest BCUT2D eigenvalue weighted by molar-refractivity contribution is -0.0474. The van der Waals surface area contributed by atoms with Crippen LogP contribution >= 0.6 is 14.9 Å². The van der Waals surface area contributed by atoms with E-state index in [1.54, 1.807) is 12.1 Å². The van der Waals surface area contributed by atoms with Gasteiger partial charge in [0, 0.05) is 24.4 Å². The molecule has 3 N–H and O–H groups in total. The van der Waals surface area contributed by atoms with Crippen molar-refractivity contribution in [3.05, 3.63) is 66.4 Å². The first-order valence-electron chi connectivity index (χ1n) is 10.5. The van der Waals surface area contributed by atoms with E-state index in [0.29, 0.717) is 11.3 Å². The number of pyridine rings is 1. The van der Waals surface area contributed by atoms with E-state index in [-0.39, 0.29) is 23.4 Å². The summed E-state index contributed by atoms with van der Waals surface area (Å²) in [6.07, 6.45) is 7.63. The summed E-state index contributed by atoms with van der Waals surface area (Å²) in [7, 11) is -7.54. The lowest BCUT2D eigenvalue weighted by atomic mass is 9.96. The number of hydrogen-bond donors (Lipinski definition) is 3. The standard InChI is InChI=1S/C22H27NO9P2/c1-15(29-18-7-4-8-18)30-19-10-9-17(12-20(19)28-2)21-31-33(3,25)22(24,34(26,27)32-21)13-16-6-5-11-23-14-16/h5-6,9-12,14,18,21,24-25H,1,3-4,7-8,13H2,2H3,(H,26,27). The predicted octanol–water partition coefficient (Wildman–Crippen LogP) is 3.90. The summed E-state index contributed by atoms with van der Waals surface area (Å²) < 4.78 is 40.6. The minimum atomic E-state index is -4.85. The van der Waals surface area contributed by atoms with Crippen molar-refractivity contribution in [1.82, 2.24) is 4.98 Å². The van der Waals surface area contributed by atoms with E-state index < -0.39 is 32.7 Å². The lowest BCUT2D eigenvalue weighted by Gasteiger charge is -2.45. The van der Waals surface area contributed by atoms with Crippen LogP contribution in [0, 0.1) is 0 Å². The quantitative estimate of drug-likeness (QED) is 0.354. The molecule has 4 unspecified atom stereocenters. The number of methoxy groups -OCH3 is 1. The molecule has 4 atom stereocenters. The van der Waals surface area contributed by atoms with E-state index >= 15 is 0 Å². The Kier molecular flexibility index (Phi) is 6.95. The predicted molar refractivity (Wildman–Crippen MR) is 125 cm³/mol. The van der Waals surface area contributed by atoms with Gasteiger partial charge in [-0.15, -0.1) is 0 Å². The molecule has 1 saturated heterocycles. The van der Waals surface area contributed by atoms with Crippen molar-refractivity contribution in [3.63, 3.8) is 0 Å².